The second-order valence-corrected chi connectivity index (χ2v) is 5.81. The third-order valence-corrected chi connectivity index (χ3v) is 2.65. The van der Waals surface area contributed by atoms with E-state index in [2.05, 4.69) is 5.32 Å². The van der Waals surface area contributed by atoms with Crippen molar-refractivity contribution in [2.24, 2.45) is 0 Å². The van der Waals surface area contributed by atoms with Gasteiger partial charge in [-0.05, 0) is 20.8 Å². The number of hydrogen-bond acceptors (Lipinski definition) is 6. The minimum absolute atomic E-state index is 0.227. The standard InChI is InChI=1S/C15H24N2O6/c1-15(2,3)23-14(20)16-6-8-21-10-11-22-9-7-17-12(18)4-5-13(17)19/h4-5H,6-11H2,1-3H3,(H,16,20). The predicted molar refractivity (Wildman–Crippen MR) is 81.7 cm³/mol. The minimum atomic E-state index is -0.521. The van der Waals surface area contributed by atoms with Crippen molar-refractivity contribution in [2.45, 2.75) is 26.4 Å². The molecule has 1 aliphatic rings. The zero-order chi connectivity index (χ0) is 17.3. The number of nitrogens with one attached hydrogen (secondary N) is 1. The van der Waals surface area contributed by atoms with Crippen LogP contribution in [0, 0.1) is 0 Å². The zero-order valence-electron chi connectivity index (χ0n) is 13.8. The van der Waals surface area contributed by atoms with E-state index in [1.165, 1.54) is 12.2 Å². The summed E-state index contributed by atoms with van der Waals surface area (Å²) in [5.41, 5.74) is -0.521. The van der Waals surface area contributed by atoms with Crippen LogP contribution in [0.15, 0.2) is 12.2 Å². The van der Waals surface area contributed by atoms with Gasteiger partial charge >= 0.3 is 6.09 Å². The number of hydrogen-bond donors (Lipinski definition) is 1. The Hall–Kier alpha value is -1.93. The highest BCUT2D eigenvalue weighted by Crippen LogP contribution is 2.06. The molecule has 0 unspecified atom stereocenters. The van der Waals surface area contributed by atoms with E-state index in [-0.39, 0.29) is 25.0 Å². The monoisotopic (exact) mass is 328 g/mol. The normalized spacial score (nSPS) is 14.5. The van der Waals surface area contributed by atoms with E-state index in [0.717, 1.165) is 4.90 Å². The Labute approximate surface area is 135 Å². The molecule has 1 N–H and O–H groups in total. The first-order chi connectivity index (χ1) is 10.8. The fraction of sp³-hybridized carbons (Fsp3) is 0.667. The summed E-state index contributed by atoms with van der Waals surface area (Å²) in [4.78, 5) is 35.0. The summed E-state index contributed by atoms with van der Waals surface area (Å²) >= 11 is 0. The molecule has 8 heteroatoms. The highest BCUT2D eigenvalue weighted by molar-refractivity contribution is 6.12. The van der Waals surface area contributed by atoms with E-state index < -0.39 is 11.7 Å². The molecule has 0 aromatic heterocycles. The average Bonchev–Trinajstić information content (AvgIpc) is 2.75. The molecule has 1 rings (SSSR count). The van der Waals surface area contributed by atoms with E-state index >= 15 is 0 Å². The van der Waals surface area contributed by atoms with Crippen molar-refractivity contribution in [3.05, 3.63) is 12.2 Å². The maximum Gasteiger partial charge on any atom is 0.407 e. The first-order valence-corrected chi connectivity index (χ1v) is 7.45. The number of alkyl carbamates (subject to hydrolysis) is 1. The van der Waals surface area contributed by atoms with E-state index in [9.17, 15) is 14.4 Å². The molecule has 1 heterocycles. The molecule has 0 radical (unpaired) electrons. The van der Waals surface area contributed by atoms with Crippen molar-refractivity contribution in [3.8, 4) is 0 Å². The molecule has 0 spiro atoms. The highest BCUT2D eigenvalue weighted by Gasteiger charge is 2.22. The van der Waals surface area contributed by atoms with Crippen LogP contribution in [0.5, 0.6) is 0 Å². The van der Waals surface area contributed by atoms with E-state index in [0.29, 0.717) is 26.4 Å². The van der Waals surface area contributed by atoms with Crippen molar-refractivity contribution in [3.63, 3.8) is 0 Å². The van der Waals surface area contributed by atoms with Crippen LogP contribution < -0.4 is 5.32 Å². The van der Waals surface area contributed by atoms with E-state index in [4.69, 9.17) is 14.2 Å². The van der Waals surface area contributed by atoms with E-state index in [1.807, 2.05) is 0 Å². The lowest BCUT2D eigenvalue weighted by Gasteiger charge is -2.19. The van der Waals surface area contributed by atoms with Gasteiger partial charge in [0.05, 0.1) is 33.0 Å². The smallest absolute Gasteiger partial charge is 0.407 e. The number of imide groups is 1. The van der Waals surface area contributed by atoms with Gasteiger partial charge in [0.2, 0.25) is 0 Å². The van der Waals surface area contributed by atoms with Gasteiger partial charge < -0.3 is 19.5 Å². The molecular formula is C15H24N2O6. The lowest BCUT2D eigenvalue weighted by atomic mass is 10.2. The lowest BCUT2D eigenvalue weighted by Crippen LogP contribution is -2.34. The summed E-state index contributed by atoms with van der Waals surface area (Å²) in [5, 5.41) is 2.57. The molecule has 3 amide bonds. The summed E-state index contributed by atoms with van der Waals surface area (Å²) < 4.78 is 15.6. The molecule has 130 valence electrons. The molecule has 0 atom stereocenters. The molecule has 0 aromatic rings. The van der Waals surface area contributed by atoms with Gasteiger partial charge in [0, 0.05) is 18.7 Å². The van der Waals surface area contributed by atoms with Crippen LogP contribution in [-0.2, 0) is 23.8 Å². The zero-order valence-corrected chi connectivity index (χ0v) is 13.8. The number of carbonyl (C=O) groups is 3. The number of amides is 3. The summed E-state index contributed by atoms with van der Waals surface area (Å²) in [7, 11) is 0. The molecule has 8 nitrogen and oxygen atoms in total. The molecule has 0 aromatic carbocycles. The number of carbonyl (C=O) groups excluding carboxylic acids is 3. The fourth-order valence-electron chi connectivity index (χ4n) is 1.67. The quantitative estimate of drug-likeness (QED) is 0.488. The van der Waals surface area contributed by atoms with Gasteiger partial charge in [0.25, 0.3) is 11.8 Å². The first-order valence-electron chi connectivity index (χ1n) is 7.45. The molecule has 0 saturated carbocycles. The van der Waals surface area contributed by atoms with Crippen LogP contribution in [0.3, 0.4) is 0 Å². The predicted octanol–water partition coefficient (Wildman–Crippen LogP) is 0.469. The molecule has 0 saturated heterocycles. The number of rotatable bonds is 9. The van der Waals surface area contributed by atoms with Gasteiger partial charge in [-0.1, -0.05) is 0 Å². The van der Waals surface area contributed by atoms with Crippen molar-refractivity contribution < 1.29 is 28.6 Å². The summed E-state index contributed by atoms with van der Waals surface area (Å²) in [6.45, 7) is 7.25. The maximum absolute atomic E-state index is 11.3. The maximum atomic E-state index is 11.3. The third-order valence-electron chi connectivity index (χ3n) is 2.65. The fourth-order valence-corrected chi connectivity index (χ4v) is 1.67. The summed E-state index contributed by atoms with van der Waals surface area (Å²) in [6, 6.07) is 0. The Bertz CT molecular complexity index is 437. The minimum Gasteiger partial charge on any atom is -0.444 e. The lowest BCUT2D eigenvalue weighted by molar-refractivity contribution is -0.137. The third kappa shape index (κ3) is 8.32. The van der Waals surface area contributed by atoms with Crippen molar-refractivity contribution in [1.29, 1.82) is 0 Å². The van der Waals surface area contributed by atoms with Gasteiger partial charge in [-0.2, -0.15) is 0 Å². The Morgan fingerprint density at radius 1 is 1.04 bits per heavy atom. The van der Waals surface area contributed by atoms with Gasteiger partial charge in [0.15, 0.2) is 0 Å². The first kappa shape index (κ1) is 19.1. The summed E-state index contributed by atoms with van der Waals surface area (Å²) in [5.74, 6) is -0.633. The van der Waals surface area contributed by atoms with Crippen molar-refractivity contribution in [1.82, 2.24) is 10.2 Å². The molecule has 0 aliphatic carbocycles. The average molecular weight is 328 g/mol. The van der Waals surface area contributed by atoms with Crippen LogP contribution in [0.2, 0.25) is 0 Å². The van der Waals surface area contributed by atoms with Gasteiger partial charge in [-0.25, -0.2) is 4.79 Å². The molecule has 0 fully saturated rings. The SMILES string of the molecule is CC(C)(C)OC(=O)NCCOCCOCCN1C(=O)C=CC1=O. The molecule has 23 heavy (non-hydrogen) atoms. The molecule has 0 bridgehead atoms. The van der Waals surface area contributed by atoms with Crippen LogP contribution in [0.4, 0.5) is 4.79 Å². The van der Waals surface area contributed by atoms with Gasteiger partial charge in [0.1, 0.15) is 5.60 Å². The second kappa shape index (κ2) is 9.26. The van der Waals surface area contributed by atoms with Crippen LogP contribution >= 0.6 is 0 Å². The Kier molecular flexibility index (Phi) is 7.70. The van der Waals surface area contributed by atoms with E-state index in [1.54, 1.807) is 20.8 Å². The van der Waals surface area contributed by atoms with Crippen molar-refractivity contribution in [2.75, 3.05) is 39.5 Å². The van der Waals surface area contributed by atoms with Gasteiger partial charge in [-0.15, -0.1) is 0 Å². The van der Waals surface area contributed by atoms with Gasteiger partial charge in [-0.3, -0.25) is 14.5 Å². The summed E-state index contributed by atoms with van der Waals surface area (Å²) in [6.07, 6.45) is 2.00. The highest BCUT2D eigenvalue weighted by atomic mass is 16.6. The largest absolute Gasteiger partial charge is 0.444 e. The Morgan fingerprint density at radius 3 is 2.17 bits per heavy atom. The molecular weight excluding hydrogens is 304 g/mol. The van der Waals surface area contributed by atoms with Crippen LogP contribution in [0.25, 0.3) is 0 Å². The van der Waals surface area contributed by atoms with Crippen LogP contribution in [-0.4, -0.2) is 67.9 Å². The van der Waals surface area contributed by atoms with Crippen molar-refractivity contribution >= 4 is 17.9 Å². The second-order valence-electron chi connectivity index (χ2n) is 5.81. The van der Waals surface area contributed by atoms with Crippen LogP contribution in [0.1, 0.15) is 20.8 Å². The topological polar surface area (TPSA) is 94.2 Å². The number of ether oxygens (including phenoxy) is 3. The Balaban J connectivity index is 1.91. The Morgan fingerprint density at radius 2 is 1.61 bits per heavy atom. The number of nitrogens with zero attached hydrogens (tertiary/aromatic N) is 1. The molecule has 1 aliphatic heterocycles.